The lowest BCUT2D eigenvalue weighted by Gasteiger charge is -2.62. The molecule has 0 amide bonds. The molecule has 22 saturated carbocycles. The van der Waals surface area contributed by atoms with E-state index in [1.54, 1.807) is 27.7 Å². The summed E-state index contributed by atoms with van der Waals surface area (Å²) in [5.41, 5.74) is -4.40. The monoisotopic (exact) mass is 2070 g/mol. The van der Waals surface area contributed by atoms with Gasteiger partial charge in [-0.3, -0.25) is 38.4 Å². The zero-order valence-corrected chi connectivity index (χ0v) is 86.1. The number of hydrogen-bond acceptors (Lipinski definition) is 24. The molecule has 24 rings (SSSR count). The van der Waals surface area contributed by atoms with Gasteiger partial charge in [0.2, 0.25) is 6.10 Å². The van der Waals surface area contributed by atoms with E-state index in [1.807, 2.05) is 96.9 Å². The van der Waals surface area contributed by atoms with Crippen LogP contribution in [0.2, 0.25) is 0 Å². The van der Waals surface area contributed by atoms with Gasteiger partial charge in [-0.05, 0) is 421 Å². The standard InChI is InChI=1S/C30H46O5.C19H30O4.C19H32O2.C16H22O6.C16H26O3.C10H16O4.12CH4/c1-5-28(3,4)26(31)35-25-23-9-22-10-24(25)16-30(14-22,15-23)27(32)34-18(2)33-17-29-11-19-6-20(12-29)8-21(7-19)13-29;1-5-18(2,3)17(21)22-11-16(20)23-19(4)14-7-12-6-13(9-14)10-15(19)8-12;1-6-18(4,5)17(20)21-19(12(2)3)15-8-13-7-14(10-15)11-16(19)9-13;1-4-16(2,3)15(19)20-7-11(17)21-12-8-5-9-10(6-8)14(18)22-13(9)12;1-4-14(2,3)13(17)19-16-8-11-5-12(9-16)7-15(18,6-11)10-16;1-4-10(2,3)9(12)14-7-5-6-13-8(7)11;;;;;;;;;;;;/h18-25H,5-17H2,1-4H3;12-15H,5-11H2,1-4H3;12-16H,6-11H2,1-5H3;8-10,12-13H,4-7H2,1-3H3;11-12,18H,4-10H2,1-3H3;7H,4-6H2,1-3H3;12*1H4. The number of carbonyl (C=O) groups excluding carboxylic acids is 11. The minimum absolute atomic E-state index is 0. The van der Waals surface area contributed by atoms with Crippen molar-refractivity contribution in [2.45, 2.75) is 526 Å². The van der Waals surface area contributed by atoms with Crippen LogP contribution < -0.4 is 0 Å². The van der Waals surface area contributed by atoms with Crippen molar-refractivity contribution in [3.05, 3.63) is 0 Å². The highest BCUT2D eigenvalue weighted by atomic mass is 16.7. The van der Waals surface area contributed by atoms with E-state index in [0.717, 1.165) is 138 Å². The molecule has 11 atom stereocenters. The third-order valence-electron chi connectivity index (χ3n) is 39.0. The maximum Gasteiger partial charge on any atom is 0.347 e. The van der Waals surface area contributed by atoms with Crippen LogP contribution in [0, 0.1) is 162 Å². The van der Waals surface area contributed by atoms with Crippen molar-refractivity contribution < 1.29 is 115 Å². The predicted octanol–water partition coefficient (Wildman–Crippen LogP) is 28.2. The Kier molecular flexibility index (Phi) is 48.4. The number of rotatable bonds is 28. The average molecular weight is 2070 g/mol. The van der Waals surface area contributed by atoms with Gasteiger partial charge in [-0.15, -0.1) is 0 Å². The van der Waals surface area contributed by atoms with Crippen LogP contribution in [0.1, 0.15) is 473 Å². The summed E-state index contributed by atoms with van der Waals surface area (Å²) in [7, 11) is 0. The minimum atomic E-state index is -0.687. The molecule has 22 aliphatic carbocycles. The molecule has 2 saturated heterocycles. The number of carbonyl (C=O) groups is 11. The molecule has 0 aromatic heterocycles. The molecule has 2 heterocycles. The summed E-state index contributed by atoms with van der Waals surface area (Å²) in [4.78, 5) is 134. The number of fused-ring (bicyclic) bond motifs is 1. The Morgan fingerprint density at radius 3 is 1.20 bits per heavy atom. The van der Waals surface area contributed by atoms with Crippen LogP contribution in [0.15, 0.2) is 0 Å². The number of aliphatic hydroxyl groups is 1. The number of ether oxygens (including phenoxy) is 12. The van der Waals surface area contributed by atoms with Crippen LogP contribution in [0.5, 0.6) is 0 Å². The highest BCUT2D eigenvalue weighted by Gasteiger charge is 2.67. The van der Waals surface area contributed by atoms with Crippen LogP contribution in [0.3, 0.4) is 0 Å². The van der Waals surface area contributed by atoms with E-state index in [4.69, 9.17) is 56.8 Å². The molecule has 146 heavy (non-hydrogen) atoms. The number of hydrogen-bond donors (Lipinski definition) is 1. The highest BCUT2D eigenvalue weighted by molar-refractivity contribution is 5.84. The third-order valence-corrected chi connectivity index (χ3v) is 39.0. The first kappa shape index (κ1) is 136. The molecule has 0 aromatic carbocycles. The zero-order valence-electron chi connectivity index (χ0n) is 86.1. The van der Waals surface area contributed by atoms with E-state index in [9.17, 15) is 57.8 Å². The van der Waals surface area contributed by atoms with Crippen molar-refractivity contribution in [3.63, 3.8) is 0 Å². The normalized spacial score (nSPS) is 36.3. The largest absolute Gasteiger partial charge is 0.463 e. The molecular formula is C122H220O24. The van der Waals surface area contributed by atoms with Crippen LogP contribution in [-0.4, -0.2) is 150 Å². The third kappa shape index (κ3) is 28.6. The maximum atomic E-state index is 13.6. The fraction of sp³-hybridized carbons (Fsp3) is 0.910. The van der Waals surface area contributed by atoms with Crippen LogP contribution in [0.4, 0.5) is 0 Å². The highest BCUT2D eigenvalue weighted by Crippen LogP contribution is 2.67. The molecule has 24 fully saturated rings. The first-order valence-electron chi connectivity index (χ1n) is 53.3. The van der Waals surface area contributed by atoms with E-state index >= 15 is 0 Å². The van der Waals surface area contributed by atoms with Gasteiger partial charge in [0, 0.05) is 24.7 Å². The zero-order chi connectivity index (χ0) is 97.6. The summed E-state index contributed by atoms with van der Waals surface area (Å²) in [6, 6.07) is 0. The quantitative estimate of drug-likeness (QED) is 0.0432. The van der Waals surface area contributed by atoms with Gasteiger partial charge in [-0.2, -0.15) is 0 Å². The van der Waals surface area contributed by atoms with E-state index < -0.39 is 68.4 Å². The van der Waals surface area contributed by atoms with Crippen LogP contribution in [-0.2, 0) is 110 Å². The van der Waals surface area contributed by atoms with Gasteiger partial charge in [-0.1, -0.05) is 145 Å². The van der Waals surface area contributed by atoms with Gasteiger partial charge in [0.25, 0.3) is 0 Å². The Morgan fingerprint density at radius 1 is 0.390 bits per heavy atom. The molecule has 24 nitrogen and oxygen atoms in total. The van der Waals surface area contributed by atoms with Crippen LogP contribution in [0.25, 0.3) is 0 Å². The summed E-state index contributed by atoms with van der Waals surface area (Å²) in [5, 5.41) is 10.6. The Bertz CT molecular complexity index is 4150. The summed E-state index contributed by atoms with van der Waals surface area (Å²) in [6.45, 7) is 43.6. The smallest absolute Gasteiger partial charge is 0.347 e. The number of esters is 11. The van der Waals surface area contributed by atoms with E-state index in [2.05, 4.69) is 27.7 Å². The second-order valence-corrected chi connectivity index (χ2v) is 51.5. The summed E-state index contributed by atoms with van der Waals surface area (Å²) in [6.07, 6.45) is 36.0. The van der Waals surface area contributed by atoms with Gasteiger partial charge in [0.05, 0.1) is 62.6 Å². The van der Waals surface area contributed by atoms with Crippen LogP contribution >= 0.6 is 0 Å². The molecule has 24 heteroatoms. The van der Waals surface area contributed by atoms with Crippen molar-refractivity contribution >= 4 is 65.7 Å². The second-order valence-electron chi connectivity index (χ2n) is 51.5. The Balaban J connectivity index is 0.000000594. The first-order valence-corrected chi connectivity index (χ1v) is 53.3. The van der Waals surface area contributed by atoms with Gasteiger partial charge >= 0.3 is 65.7 Å². The van der Waals surface area contributed by atoms with Gasteiger partial charge < -0.3 is 61.9 Å². The van der Waals surface area contributed by atoms with Crippen molar-refractivity contribution in [3.8, 4) is 0 Å². The fourth-order valence-electron chi connectivity index (χ4n) is 30.0. The minimum Gasteiger partial charge on any atom is -0.463 e. The van der Waals surface area contributed by atoms with E-state index in [0.29, 0.717) is 91.5 Å². The average Bonchev–Trinajstić information content (AvgIpc) is 1.45. The topological polar surface area (TPSA) is 319 Å². The summed E-state index contributed by atoms with van der Waals surface area (Å²) < 4.78 is 67.4. The van der Waals surface area contributed by atoms with E-state index in [-0.39, 0.29) is 220 Å². The maximum absolute atomic E-state index is 13.6. The number of cyclic esters (lactones) is 1. The molecule has 2 aliphatic heterocycles. The lowest BCUT2D eigenvalue weighted by molar-refractivity contribution is -0.231. The Hall–Kier alpha value is -5.91. The van der Waals surface area contributed by atoms with Crippen molar-refractivity contribution in [1.82, 2.24) is 0 Å². The molecule has 0 spiro atoms. The molecule has 0 radical (unpaired) electrons. The molecule has 1 N–H and O–H groups in total. The molecule has 0 aromatic rings. The van der Waals surface area contributed by atoms with E-state index in [1.165, 1.54) is 109 Å². The molecule has 22 bridgehead atoms. The molecule has 852 valence electrons. The summed E-state index contributed by atoms with van der Waals surface area (Å²) in [5.74, 6) is 8.68. The Labute approximate surface area is 889 Å². The lowest BCUT2D eigenvalue weighted by Crippen LogP contribution is -2.63. The van der Waals surface area contributed by atoms with Gasteiger partial charge in [0.15, 0.2) is 19.5 Å². The van der Waals surface area contributed by atoms with Crippen molar-refractivity contribution in [2.75, 3.05) is 26.4 Å². The SMILES string of the molecule is C.C.C.C.C.C.C.C.C.C.C.C.CCC(C)(C)C(=O)OC1(C(C)C)C2CC3CC(C2)CC1C3.CCC(C)(C)C(=O)OC12CC3CC(CC(O)(C3)C1)C2.CCC(C)(C)C(=O)OC1C2CC3CC1CC(C(=O)OC(C)OCC14CC5CC(CC(C5)C1)C4)(C3)C2.CCC(C)(C)C(=O)OC1CCOC1=O.CCC(C)(C)C(=O)OCC(=O)OC1(C)C2CC3CC(C2)CC1C3.CCC(C)(C)C(=O)OCC(=O)OC1C2CC3C(=O)OC1C3C2. The molecule has 24 aliphatic rings. The van der Waals surface area contributed by atoms with Crippen molar-refractivity contribution in [2.24, 2.45) is 162 Å². The lowest BCUT2D eigenvalue weighted by atomic mass is 9.47. The van der Waals surface area contributed by atoms with Crippen molar-refractivity contribution in [1.29, 1.82) is 0 Å². The Morgan fingerprint density at radius 2 is 0.781 bits per heavy atom. The second kappa shape index (κ2) is 51.9. The summed E-state index contributed by atoms with van der Waals surface area (Å²) >= 11 is 0. The first-order chi connectivity index (χ1) is 62.7. The molecule has 11 unspecified atom stereocenters. The predicted molar refractivity (Wildman–Crippen MR) is 581 cm³/mol. The van der Waals surface area contributed by atoms with Gasteiger partial charge in [0.1, 0.15) is 35.1 Å². The fourth-order valence-corrected chi connectivity index (χ4v) is 30.0. The molecular weight excluding hydrogens is 1850 g/mol. The van der Waals surface area contributed by atoms with Gasteiger partial charge in [-0.25, -0.2) is 14.4 Å².